The van der Waals surface area contributed by atoms with E-state index in [9.17, 15) is 4.79 Å². The van der Waals surface area contributed by atoms with E-state index in [0.717, 1.165) is 36.2 Å². The van der Waals surface area contributed by atoms with Crippen LogP contribution in [0.5, 0.6) is 0 Å². The summed E-state index contributed by atoms with van der Waals surface area (Å²) in [7, 11) is 0. The molecule has 126 valence electrons. The van der Waals surface area contributed by atoms with E-state index in [4.69, 9.17) is 23.2 Å². The molecule has 2 aromatic carbocycles. The molecule has 2 aromatic rings. The van der Waals surface area contributed by atoms with Gasteiger partial charge in [0.15, 0.2) is 0 Å². The molecule has 0 unspecified atom stereocenters. The van der Waals surface area contributed by atoms with E-state index < -0.39 is 0 Å². The minimum Gasteiger partial charge on any atom is -0.332 e. The number of halogens is 3. The molecule has 1 aliphatic heterocycles. The summed E-state index contributed by atoms with van der Waals surface area (Å²) < 4.78 is 0.113. The van der Waals surface area contributed by atoms with Crippen LogP contribution in [-0.4, -0.2) is 39.9 Å². The Morgan fingerprint density at radius 1 is 0.833 bits per heavy atom. The second-order valence-electron chi connectivity index (χ2n) is 5.78. The maximum Gasteiger partial charge on any atom is 0.283 e. The predicted molar refractivity (Wildman–Crippen MR) is 107 cm³/mol. The second-order valence-corrected chi connectivity index (χ2v) is 7.58. The van der Waals surface area contributed by atoms with E-state index in [1.165, 1.54) is 11.1 Å². The molecule has 0 aromatic heterocycles. The molecule has 0 radical (unpaired) electrons. The van der Waals surface area contributed by atoms with Crippen molar-refractivity contribution in [3.8, 4) is 0 Å². The molecule has 3 nitrogen and oxygen atoms in total. The van der Waals surface area contributed by atoms with Crippen molar-refractivity contribution in [3.63, 3.8) is 0 Å². The lowest BCUT2D eigenvalue weighted by atomic mass is 9.96. The van der Waals surface area contributed by atoms with Gasteiger partial charge in [0, 0.05) is 58.8 Å². The molecule has 0 aliphatic carbocycles. The smallest absolute Gasteiger partial charge is 0.283 e. The molecule has 0 N–H and O–H groups in total. The van der Waals surface area contributed by atoms with Crippen LogP contribution in [0.3, 0.4) is 0 Å². The zero-order valence-corrected chi connectivity index (χ0v) is 16.6. The minimum absolute atomic E-state index is 0.113. The monoisotopic (exact) mass is 474 g/mol. The number of nitrogens with zero attached hydrogens (tertiary/aromatic N) is 2. The van der Waals surface area contributed by atoms with Crippen LogP contribution in [0.25, 0.3) is 0 Å². The molecule has 0 saturated carbocycles. The van der Waals surface area contributed by atoms with Gasteiger partial charge in [0.05, 0.1) is 6.04 Å². The summed E-state index contributed by atoms with van der Waals surface area (Å²) in [5.74, 6) is 0. The van der Waals surface area contributed by atoms with Gasteiger partial charge in [0.25, 0.3) is 3.91 Å². The number of amides is 1. The van der Waals surface area contributed by atoms with Gasteiger partial charge in [-0.25, -0.2) is 0 Å². The van der Waals surface area contributed by atoms with Crippen molar-refractivity contribution < 1.29 is 4.79 Å². The lowest BCUT2D eigenvalue weighted by Crippen LogP contribution is -2.48. The fraction of sp³-hybridized carbons (Fsp3) is 0.278. The van der Waals surface area contributed by atoms with Crippen molar-refractivity contribution in [1.29, 1.82) is 0 Å². The zero-order chi connectivity index (χ0) is 17.1. The van der Waals surface area contributed by atoms with Crippen molar-refractivity contribution in [2.75, 3.05) is 26.2 Å². The third-order valence-electron chi connectivity index (χ3n) is 4.30. The number of carbonyl (C=O) groups is 1. The van der Waals surface area contributed by atoms with Gasteiger partial charge in [-0.2, -0.15) is 0 Å². The highest BCUT2D eigenvalue weighted by Crippen LogP contribution is 2.31. The lowest BCUT2D eigenvalue weighted by molar-refractivity contribution is 0.133. The summed E-state index contributed by atoms with van der Waals surface area (Å²) in [4.78, 5) is 15.8. The van der Waals surface area contributed by atoms with Crippen LogP contribution in [0.2, 0.25) is 10.0 Å². The fourth-order valence-corrected chi connectivity index (χ4v) is 3.79. The minimum atomic E-state index is 0.113. The Morgan fingerprint density at radius 3 is 1.62 bits per heavy atom. The largest absolute Gasteiger partial charge is 0.332 e. The van der Waals surface area contributed by atoms with Crippen LogP contribution in [-0.2, 0) is 0 Å². The maximum atomic E-state index is 11.6. The Balaban J connectivity index is 1.89. The van der Waals surface area contributed by atoms with Crippen LogP contribution in [0, 0.1) is 0 Å². The first-order valence-electron chi connectivity index (χ1n) is 7.74. The molecule has 0 atom stereocenters. The molecule has 6 heteroatoms. The summed E-state index contributed by atoms with van der Waals surface area (Å²) in [5, 5.41) is 1.46. The molecule has 0 spiro atoms. The quantitative estimate of drug-likeness (QED) is 0.344. The highest BCUT2D eigenvalue weighted by molar-refractivity contribution is 14.1. The Morgan fingerprint density at radius 2 is 1.25 bits per heavy atom. The van der Waals surface area contributed by atoms with Crippen LogP contribution in [0.1, 0.15) is 17.2 Å². The van der Waals surface area contributed by atoms with E-state index >= 15 is 0 Å². The average molecular weight is 475 g/mol. The van der Waals surface area contributed by atoms with Crippen molar-refractivity contribution in [1.82, 2.24) is 9.80 Å². The topological polar surface area (TPSA) is 23.6 Å². The van der Waals surface area contributed by atoms with Crippen molar-refractivity contribution in [2.24, 2.45) is 0 Å². The summed E-state index contributed by atoms with van der Waals surface area (Å²) >= 11 is 13.9. The normalized spacial score (nSPS) is 15.8. The molecule has 1 amide bonds. The van der Waals surface area contributed by atoms with Crippen molar-refractivity contribution in [3.05, 3.63) is 69.7 Å². The zero-order valence-electron chi connectivity index (χ0n) is 13.0. The first-order chi connectivity index (χ1) is 11.5. The Kier molecular flexibility index (Phi) is 6.02. The molecule has 24 heavy (non-hydrogen) atoms. The Labute approximate surface area is 165 Å². The van der Waals surface area contributed by atoms with Gasteiger partial charge in [-0.05, 0) is 35.4 Å². The summed E-state index contributed by atoms with van der Waals surface area (Å²) in [5.41, 5.74) is 2.38. The van der Waals surface area contributed by atoms with Crippen LogP contribution < -0.4 is 0 Å². The molecule has 1 heterocycles. The van der Waals surface area contributed by atoms with Crippen LogP contribution in [0.15, 0.2) is 48.5 Å². The standard InChI is InChI=1S/C18H17Cl2IN2O/c19-15-5-1-13(2-6-15)17(14-3-7-16(20)8-4-14)22-9-11-23(12-10-22)18(21)24/h1-8,17H,9-12H2. The Bertz CT molecular complexity index is 652. The van der Waals surface area contributed by atoms with Gasteiger partial charge in [0.2, 0.25) is 0 Å². The number of piperazine rings is 1. The summed E-state index contributed by atoms with van der Waals surface area (Å²) in [6.07, 6.45) is 0. The number of carbonyl (C=O) groups excluding carboxylic acids is 1. The SMILES string of the molecule is O=C(I)N1CCN(C(c2ccc(Cl)cc2)c2ccc(Cl)cc2)CC1. The predicted octanol–water partition coefficient (Wildman–Crippen LogP) is 5.26. The van der Waals surface area contributed by atoms with Gasteiger partial charge in [-0.3, -0.25) is 9.69 Å². The van der Waals surface area contributed by atoms with E-state index in [1.54, 1.807) is 0 Å². The van der Waals surface area contributed by atoms with Gasteiger partial charge in [0.1, 0.15) is 0 Å². The fourth-order valence-electron chi connectivity index (χ4n) is 3.06. The summed E-state index contributed by atoms with van der Waals surface area (Å²) in [6, 6.07) is 16.1. The van der Waals surface area contributed by atoms with Gasteiger partial charge >= 0.3 is 0 Å². The second kappa shape index (κ2) is 8.04. The van der Waals surface area contributed by atoms with Gasteiger partial charge in [-0.15, -0.1) is 0 Å². The van der Waals surface area contributed by atoms with Crippen molar-refractivity contribution in [2.45, 2.75) is 6.04 Å². The van der Waals surface area contributed by atoms with E-state index in [-0.39, 0.29) is 9.96 Å². The highest BCUT2D eigenvalue weighted by atomic mass is 127. The number of hydrogen-bond donors (Lipinski definition) is 0. The van der Waals surface area contributed by atoms with Gasteiger partial charge in [-0.1, -0.05) is 47.5 Å². The number of hydrogen-bond acceptors (Lipinski definition) is 2. The third-order valence-corrected chi connectivity index (χ3v) is 5.49. The molecule has 1 saturated heterocycles. The first kappa shape index (κ1) is 18.0. The van der Waals surface area contributed by atoms with E-state index in [2.05, 4.69) is 29.2 Å². The molecule has 0 bridgehead atoms. The highest BCUT2D eigenvalue weighted by Gasteiger charge is 2.27. The lowest BCUT2D eigenvalue weighted by Gasteiger charge is -2.39. The first-order valence-corrected chi connectivity index (χ1v) is 9.57. The summed E-state index contributed by atoms with van der Waals surface area (Å²) in [6.45, 7) is 3.17. The maximum absolute atomic E-state index is 11.6. The van der Waals surface area contributed by atoms with E-state index in [1.807, 2.05) is 51.8 Å². The van der Waals surface area contributed by atoms with E-state index in [0.29, 0.717) is 0 Å². The Hall–Kier alpha value is -0.820. The molecule has 3 rings (SSSR count). The van der Waals surface area contributed by atoms with Crippen LogP contribution in [0.4, 0.5) is 4.79 Å². The van der Waals surface area contributed by atoms with Crippen molar-refractivity contribution >= 4 is 49.7 Å². The molecular weight excluding hydrogens is 458 g/mol. The van der Waals surface area contributed by atoms with Gasteiger partial charge < -0.3 is 4.90 Å². The molecule has 1 aliphatic rings. The number of benzene rings is 2. The number of rotatable bonds is 3. The van der Waals surface area contributed by atoms with Crippen LogP contribution >= 0.6 is 45.8 Å². The average Bonchev–Trinajstić information content (AvgIpc) is 2.59. The molecule has 1 fully saturated rings. The molecular formula is C18H17Cl2IN2O. The third kappa shape index (κ3) is 4.23.